The summed E-state index contributed by atoms with van der Waals surface area (Å²) in [6.07, 6.45) is 4.74. The molecular weight excluding hydrogens is 296 g/mol. The molecule has 1 heterocycles. The van der Waals surface area contributed by atoms with E-state index >= 15 is 0 Å². The van der Waals surface area contributed by atoms with Crippen molar-refractivity contribution < 1.29 is 9.59 Å². The molecule has 4 nitrogen and oxygen atoms in total. The zero-order valence-electron chi connectivity index (χ0n) is 12.9. The maximum atomic E-state index is 12.2. The molecular formula is C17H24N2O2S. The molecule has 0 aromatic heterocycles. The summed E-state index contributed by atoms with van der Waals surface area (Å²) in [4.78, 5) is 25.3. The van der Waals surface area contributed by atoms with Crippen molar-refractivity contribution in [2.45, 2.75) is 38.1 Å². The van der Waals surface area contributed by atoms with Gasteiger partial charge in [0.1, 0.15) is 6.04 Å². The van der Waals surface area contributed by atoms with Gasteiger partial charge in [-0.25, -0.2) is 0 Å². The molecule has 1 aromatic rings. The number of carbonyl (C=O) groups excluding carboxylic acids is 2. The number of primary amides is 1. The van der Waals surface area contributed by atoms with Crippen LogP contribution in [0.4, 0.5) is 0 Å². The highest BCUT2D eigenvalue weighted by Gasteiger charge is 2.30. The van der Waals surface area contributed by atoms with Gasteiger partial charge in [-0.1, -0.05) is 30.3 Å². The fraction of sp³-hybridized carbons (Fsp3) is 0.529. The lowest BCUT2D eigenvalue weighted by atomic mass is 10.0. The van der Waals surface area contributed by atoms with Crippen molar-refractivity contribution in [2.24, 2.45) is 5.73 Å². The Hall–Kier alpha value is -1.49. The molecule has 1 aromatic carbocycles. The highest BCUT2D eigenvalue weighted by molar-refractivity contribution is 7.99. The van der Waals surface area contributed by atoms with Crippen molar-refractivity contribution in [3.8, 4) is 0 Å². The summed E-state index contributed by atoms with van der Waals surface area (Å²) in [5.74, 6) is 1.07. The van der Waals surface area contributed by atoms with E-state index in [4.69, 9.17) is 5.73 Å². The second-order valence-corrected chi connectivity index (χ2v) is 6.75. The van der Waals surface area contributed by atoms with E-state index < -0.39 is 6.04 Å². The van der Waals surface area contributed by atoms with Crippen LogP contribution in [0.15, 0.2) is 30.3 Å². The zero-order valence-corrected chi connectivity index (χ0v) is 13.7. The fourth-order valence-electron chi connectivity index (χ4n) is 2.79. The van der Waals surface area contributed by atoms with Crippen LogP contribution in [0.2, 0.25) is 0 Å². The summed E-state index contributed by atoms with van der Waals surface area (Å²) in [5, 5.41) is 0. The SMILES string of the molecule is NC(=O)[C@@H]1CCCCN1C(=O)CSCCCc1ccccc1. The van der Waals surface area contributed by atoms with Gasteiger partial charge in [0.05, 0.1) is 5.75 Å². The molecule has 120 valence electrons. The Labute approximate surface area is 136 Å². The smallest absolute Gasteiger partial charge is 0.240 e. The predicted octanol–water partition coefficient (Wildman–Crippen LogP) is 2.22. The minimum absolute atomic E-state index is 0.0493. The lowest BCUT2D eigenvalue weighted by Gasteiger charge is -2.33. The van der Waals surface area contributed by atoms with Crippen molar-refractivity contribution in [2.75, 3.05) is 18.1 Å². The Morgan fingerprint density at radius 1 is 1.23 bits per heavy atom. The first-order valence-electron chi connectivity index (χ1n) is 7.89. The topological polar surface area (TPSA) is 63.4 Å². The van der Waals surface area contributed by atoms with Crippen molar-refractivity contribution in [1.29, 1.82) is 0 Å². The maximum Gasteiger partial charge on any atom is 0.240 e. The largest absolute Gasteiger partial charge is 0.368 e. The van der Waals surface area contributed by atoms with E-state index in [1.165, 1.54) is 5.56 Å². The van der Waals surface area contributed by atoms with Gasteiger partial charge in [-0.05, 0) is 43.4 Å². The number of rotatable bonds is 7. The molecule has 1 saturated heterocycles. The van der Waals surface area contributed by atoms with E-state index in [0.29, 0.717) is 18.7 Å². The van der Waals surface area contributed by atoms with Gasteiger partial charge < -0.3 is 10.6 Å². The van der Waals surface area contributed by atoms with Crippen LogP contribution in [-0.4, -0.2) is 40.8 Å². The van der Waals surface area contributed by atoms with Crippen LogP contribution in [0.5, 0.6) is 0 Å². The second-order valence-electron chi connectivity index (χ2n) is 5.64. The minimum atomic E-state index is -0.397. The highest BCUT2D eigenvalue weighted by atomic mass is 32.2. The van der Waals surface area contributed by atoms with Crippen LogP contribution >= 0.6 is 11.8 Å². The summed E-state index contributed by atoms with van der Waals surface area (Å²) in [7, 11) is 0. The lowest BCUT2D eigenvalue weighted by molar-refractivity contribution is -0.138. The van der Waals surface area contributed by atoms with Gasteiger partial charge in [0.25, 0.3) is 0 Å². The molecule has 2 N–H and O–H groups in total. The van der Waals surface area contributed by atoms with E-state index in [2.05, 4.69) is 12.1 Å². The highest BCUT2D eigenvalue weighted by Crippen LogP contribution is 2.18. The molecule has 2 amide bonds. The number of nitrogens with zero attached hydrogens (tertiary/aromatic N) is 1. The number of piperidine rings is 1. The number of benzene rings is 1. The molecule has 2 rings (SSSR count). The summed E-state index contributed by atoms with van der Waals surface area (Å²) < 4.78 is 0. The van der Waals surface area contributed by atoms with E-state index in [-0.39, 0.29) is 11.8 Å². The molecule has 0 spiro atoms. The first kappa shape index (κ1) is 16.9. The van der Waals surface area contributed by atoms with E-state index in [1.807, 2.05) is 18.2 Å². The summed E-state index contributed by atoms with van der Waals surface area (Å²) in [6.45, 7) is 0.664. The van der Waals surface area contributed by atoms with Gasteiger partial charge in [-0.2, -0.15) is 11.8 Å². The van der Waals surface area contributed by atoms with Crippen LogP contribution in [0, 0.1) is 0 Å². The average Bonchev–Trinajstić information content (AvgIpc) is 2.55. The summed E-state index contributed by atoms with van der Waals surface area (Å²) in [5.41, 5.74) is 6.73. The standard InChI is InChI=1S/C17H24N2O2S/c18-17(21)15-10-4-5-11-19(15)16(20)13-22-12-6-9-14-7-2-1-3-8-14/h1-3,7-8,15H,4-6,9-13H2,(H2,18,21)/t15-/m0/s1. The number of likely N-dealkylation sites (tertiary alicyclic amines) is 1. The Balaban J connectivity index is 1.67. The molecule has 22 heavy (non-hydrogen) atoms. The Bertz CT molecular complexity index is 493. The Kier molecular flexibility index (Phi) is 6.77. The Morgan fingerprint density at radius 2 is 2.00 bits per heavy atom. The normalized spacial score (nSPS) is 18.2. The van der Waals surface area contributed by atoms with Gasteiger partial charge in [0.15, 0.2) is 0 Å². The monoisotopic (exact) mass is 320 g/mol. The molecule has 1 aliphatic heterocycles. The molecule has 0 unspecified atom stereocenters. The van der Waals surface area contributed by atoms with E-state index in [1.54, 1.807) is 16.7 Å². The Morgan fingerprint density at radius 3 is 2.73 bits per heavy atom. The van der Waals surface area contributed by atoms with Gasteiger partial charge in [0.2, 0.25) is 11.8 Å². The van der Waals surface area contributed by atoms with Crippen LogP contribution in [0.3, 0.4) is 0 Å². The van der Waals surface area contributed by atoms with Crippen molar-refractivity contribution in [3.05, 3.63) is 35.9 Å². The number of aryl methyl sites for hydroxylation is 1. The first-order valence-corrected chi connectivity index (χ1v) is 9.04. The molecule has 5 heteroatoms. The van der Waals surface area contributed by atoms with E-state index in [0.717, 1.165) is 31.4 Å². The maximum absolute atomic E-state index is 12.2. The first-order chi connectivity index (χ1) is 10.7. The third kappa shape index (κ3) is 5.05. The number of nitrogens with two attached hydrogens (primary N) is 1. The zero-order chi connectivity index (χ0) is 15.8. The number of thioether (sulfide) groups is 1. The van der Waals surface area contributed by atoms with Gasteiger partial charge in [-0.15, -0.1) is 0 Å². The summed E-state index contributed by atoms with van der Waals surface area (Å²) in [6, 6.07) is 9.97. The van der Waals surface area contributed by atoms with Gasteiger partial charge >= 0.3 is 0 Å². The average molecular weight is 320 g/mol. The third-order valence-electron chi connectivity index (χ3n) is 3.97. The molecule has 0 bridgehead atoms. The molecule has 1 aliphatic rings. The number of hydrogen-bond donors (Lipinski definition) is 1. The molecule has 1 atom stereocenters. The molecule has 0 saturated carbocycles. The second kappa shape index (κ2) is 8.83. The quantitative estimate of drug-likeness (QED) is 0.784. The van der Waals surface area contributed by atoms with Crippen molar-refractivity contribution in [3.63, 3.8) is 0 Å². The van der Waals surface area contributed by atoms with Crippen molar-refractivity contribution in [1.82, 2.24) is 4.90 Å². The van der Waals surface area contributed by atoms with Gasteiger partial charge in [0, 0.05) is 6.54 Å². The number of carbonyl (C=O) groups is 2. The van der Waals surface area contributed by atoms with Crippen LogP contribution in [0.1, 0.15) is 31.2 Å². The lowest BCUT2D eigenvalue weighted by Crippen LogP contribution is -2.51. The number of hydrogen-bond acceptors (Lipinski definition) is 3. The van der Waals surface area contributed by atoms with Crippen LogP contribution in [0.25, 0.3) is 0 Å². The fourth-order valence-corrected chi connectivity index (χ4v) is 3.62. The molecule has 0 aliphatic carbocycles. The third-order valence-corrected chi connectivity index (χ3v) is 5.00. The summed E-state index contributed by atoms with van der Waals surface area (Å²) >= 11 is 1.64. The van der Waals surface area contributed by atoms with Crippen LogP contribution in [-0.2, 0) is 16.0 Å². The number of amides is 2. The predicted molar refractivity (Wildman–Crippen MR) is 90.6 cm³/mol. The minimum Gasteiger partial charge on any atom is -0.368 e. The molecule has 1 fully saturated rings. The van der Waals surface area contributed by atoms with E-state index in [9.17, 15) is 9.59 Å². The van der Waals surface area contributed by atoms with Crippen LogP contribution < -0.4 is 5.73 Å². The van der Waals surface area contributed by atoms with Gasteiger partial charge in [-0.3, -0.25) is 9.59 Å². The van der Waals surface area contributed by atoms with Crippen molar-refractivity contribution >= 4 is 23.6 Å². The molecule has 0 radical (unpaired) electrons.